The minimum Gasteiger partial charge on any atom is -0.486 e. The number of rotatable bonds is 0. The third-order valence-corrected chi connectivity index (χ3v) is 6.68. The van der Waals surface area contributed by atoms with E-state index < -0.39 is 11.7 Å². The van der Waals surface area contributed by atoms with Gasteiger partial charge in [0.25, 0.3) is 0 Å². The second-order valence-corrected chi connectivity index (χ2v) is 7.59. The minimum atomic E-state index is -1.59. The molecule has 0 aromatic rings. The Morgan fingerprint density at radius 1 is 1.43 bits per heavy atom. The van der Waals surface area contributed by atoms with Gasteiger partial charge >= 0.3 is 0 Å². The highest BCUT2D eigenvalue weighted by Crippen LogP contribution is 2.65. The maximum absolute atomic E-state index is 10.8. The van der Waals surface area contributed by atoms with E-state index in [1.807, 2.05) is 18.2 Å². The largest absolute Gasteiger partial charge is 0.486 e. The predicted molar refractivity (Wildman–Crippen MR) is 81.9 cm³/mol. The summed E-state index contributed by atoms with van der Waals surface area (Å²) in [6.07, 6.45) is 6.97. The van der Waals surface area contributed by atoms with Crippen LogP contribution < -0.4 is 0 Å². The van der Waals surface area contributed by atoms with Crippen molar-refractivity contribution in [3.8, 4) is 6.07 Å². The first kappa shape index (κ1) is 13.8. The molecule has 5 nitrogen and oxygen atoms in total. The van der Waals surface area contributed by atoms with Crippen LogP contribution in [-0.4, -0.2) is 52.6 Å². The van der Waals surface area contributed by atoms with Gasteiger partial charge < -0.3 is 19.8 Å². The smallest absolute Gasteiger partial charge is 0.212 e. The summed E-state index contributed by atoms with van der Waals surface area (Å²) in [6, 6.07) is 2.42. The molecule has 0 radical (unpaired) electrons. The van der Waals surface area contributed by atoms with Gasteiger partial charge in [-0.15, -0.1) is 0 Å². The highest BCUT2D eigenvalue weighted by Gasteiger charge is 2.67. The van der Waals surface area contributed by atoms with Gasteiger partial charge in [-0.1, -0.05) is 18.2 Å². The number of aliphatic hydroxyl groups is 2. The molecule has 2 heterocycles. The van der Waals surface area contributed by atoms with Gasteiger partial charge in [-0.3, -0.25) is 0 Å². The Labute approximate surface area is 135 Å². The van der Waals surface area contributed by atoms with E-state index in [-0.39, 0.29) is 23.9 Å². The van der Waals surface area contributed by atoms with Gasteiger partial charge in [0.1, 0.15) is 24.0 Å². The summed E-state index contributed by atoms with van der Waals surface area (Å²) in [6.45, 7) is 0.941. The van der Waals surface area contributed by atoms with E-state index in [0.29, 0.717) is 11.8 Å². The zero-order chi connectivity index (χ0) is 16.0. The van der Waals surface area contributed by atoms with E-state index >= 15 is 0 Å². The first-order valence-electron chi connectivity index (χ1n) is 8.33. The van der Waals surface area contributed by atoms with Crippen molar-refractivity contribution in [2.45, 2.75) is 43.1 Å². The lowest BCUT2D eigenvalue weighted by atomic mass is 9.51. The summed E-state index contributed by atoms with van der Waals surface area (Å²) in [5, 5.41) is 30.8. The van der Waals surface area contributed by atoms with Crippen LogP contribution in [0.25, 0.3) is 0 Å². The molecular formula is C18H20N2O3. The Hall–Kier alpha value is -1.61. The SMILES string of the molecule is CN1CC[C@]23C4=C5O[C@H]2[C@@H](O)C=C[C@H]3[C@H]1CC4=CCC5(O)C#N. The molecule has 1 spiro atoms. The molecule has 2 bridgehead atoms. The van der Waals surface area contributed by atoms with Crippen LogP contribution in [0.5, 0.6) is 0 Å². The molecule has 2 N–H and O–H groups in total. The summed E-state index contributed by atoms with van der Waals surface area (Å²) in [5.74, 6) is 0.679. The first-order valence-corrected chi connectivity index (χ1v) is 8.33. The molecule has 5 heteroatoms. The van der Waals surface area contributed by atoms with Crippen LogP contribution >= 0.6 is 0 Å². The molecule has 5 aliphatic rings. The fourth-order valence-corrected chi connectivity index (χ4v) is 5.59. The van der Waals surface area contributed by atoms with Crippen molar-refractivity contribution in [1.29, 1.82) is 5.26 Å². The van der Waals surface area contributed by atoms with Gasteiger partial charge in [0.2, 0.25) is 5.60 Å². The molecule has 2 fully saturated rings. The summed E-state index contributed by atoms with van der Waals surface area (Å²) in [7, 11) is 2.16. The van der Waals surface area contributed by atoms with Crippen molar-refractivity contribution in [1.82, 2.24) is 4.90 Å². The monoisotopic (exact) mass is 312 g/mol. The highest BCUT2D eigenvalue weighted by atomic mass is 16.5. The van der Waals surface area contributed by atoms with E-state index in [1.54, 1.807) is 0 Å². The van der Waals surface area contributed by atoms with Crippen LogP contribution in [0.15, 0.2) is 35.1 Å². The van der Waals surface area contributed by atoms with E-state index in [1.165, 1.54) is 5.57 Å². The van der Waals surface area contributed by atoms with Gasteiger partial charge in [0, 0.05) is 29.4 Å². The maximum atomic E-state index is 10.8. The van der Waals surface area contributed by atoms with Crippen LogP contribution in [-0.2, 0) is 4.74 Å². The number of nitriles is 1. The molecule has 0 aromatic carbocycles. The van der Waals surface area contributed by atoms with Crippen molar-refractivity contribution < 1.29 is 14.9 Å². The molecule has 6 atom stereocenters. The topological polar surface area (TPSA) is 76.7 Å². The standard InChI is InChI=1S/C18H20N2O3/c1-20-7-6-18-11-2-3-13(21)15(18)23-16-14(18)10(8-12(11)20)4-5-17(16,22)9-19/h2-4,11-13,15,21-22H,5-8H2,1H3/t11-,12+,13-,15-,17?,18-/m0/s1. The molecule has 1 saturated carbocycles. The fraction of sp³-hybridized carbons (Fsp3) is 0.611. The molecule has 3 aliphatic carbocycles. The van der Waals surface area contributed by atoms with Crippen molar-refractivity contribution in [2.75, 3.05) is 13.6 Å². The molecule has 1 unspecified atom stereocenters. The van der Waals surface area contributed by atoms with E-state index in [4.69, 9.17) is 4.74 Å². The van der Waals surface area contributed by atoms with Crippen LogP contribution in [0.1, 0.15) is 19.3 Å². The van der Waals surface area contributed by atoms with Gasteiger partial charge in [-0.05, 0) is 32.0 Å². The lowest BCUT2D eigenvalue weighted by Gasteiger charge is -2.58. The number of nitrogens with zero attached hydrogens (tertiary/aromatic N) is 2. The molecule has 120 valence electrons. The molecular weight excluding hydrogens is 292 g/mol. The van der Waals surface area contributed by atoms with Gasteiger partial charge in [0.05, 0.1) is 0 Å². The number of likely N-dealkylation sites (tertiary alicyclic amines) is 1. The second kappa shape index (κ2) is 4.07. The average Bonchev–Trinajstić information content (AvgIpc) is 2.91. The van der Waals surface area contributed by atoms with Crippen LogP contribution in [0.4, 0.5) is 0 Å². The number of hydrogen-bond acceptors (Lipinski definition) is 5. The molecule has 1 saturated heterocycles. The summed E-state index contributed by atoms with van der Waals surface area (Å²) in [4.78, 5) is 2.40. The van der Waals surface area contributed by atoms with Gasteiger partial charge in [-0.25, -0.2) is 0 Å². The zero-order valence-corrected chi connectivity index (χ0v) is 13.1. The quantitative estimate of drug-likeness (QED) is 0.512. The van der Waals surface area contributed by atoms with E-state index in [2.05, 4.69) is 18.0 Å². The van der Waals surface area contributed by atoms with Crippen molar-refractivity contribution in [3.05, 3.63) is 35.1 Å². The second-order valence-electron chi connectivity index (χ2n) is 7.59. The number of piperidine rings is 1. The number of ether oxygens (including phenoxy) is 1. The van der Waals surface area contributed by atoms with Crippen molar-refractivity contribution in [3.63, 3.8) is 0 Å². The Balaban J connectivity index is 1.78. The lowest BCUT2D eigenvalue weighted by Crippen LogP contribution is -2.62. The maximum Gasteiger partial charge on any atom is 0.212 e. The zero-order valence-electron chi connectivity index (χ0n) is 13.1. The first-order chi connectivity index (χ1) is 11.0. The highest BCUT2D eigenvalue weighted by molar-refractivity contribution is 5.56. The van der Waals surface area contributed by atoms with Crippen molar-refractivity contribution >= 4 is 0 Å². The Bertz CT molecular complexity index is 733. The van der Waals surface area contributed by atoms with Crippen LogP contribution in [0.3, 0.4) is 0 Å². The predicted octanol–water partition coefficient (Wildman–Crippen LogP) is 0.865. The summed E-state index contributed by atoms with van der Waals surface area (Å²) >= 11 is 0. The molecule has 23 heavy (non-hydrogen) atoms. The Morgan fingerprint density at radius 3 is 3.04 bits per heavy atom. The summed E-state index contributed by atoms with van der Waals surface area (Å²) < 4.78 is 6.13. The van der Waals surface area contributed by atoms with Crippen molar-refractivity contribution in [2.24, 2.45) is 11.3 Å². The molecule has 0 aromatic heterocycles. The molecule has 2 aliphatic heterocycles. The summed E-state index contributed by atoms with van der Waals surface area (Å²) in [5.41, 5.74) is 0.342. The molecule has 5 rings (SSSR count). The Morgan fingerprint density at radius 2 is 2.26 bits per heavy atom. The Kier molecular flexibility index (Phi) is 2.44. The minimum absolute atomic E-state index is 0.264. The van der Waals surface area contributed by atoms with Gasteiger partial charge in [-0.2, -0.15) is 5.26 Å². The van der Waals surface area contributed by atoms with E-state index in [9.17, 15) is 15.5 Å². The third-order valence-electron chi connectivity index (χ3n) is 6.68. The van der Waals surface area contributed by atoms with Crippen LogP contribution in [0, 0.1) is 22.7 Å². The van der Waals surface area contributed by atoms with Crippen LogP contribution in [0.2, 0.25) is 0 Å². The third kappa shape index (κ3) is 1.39. The normalized spacial score (nSPS) is 50.1. The number of aliphatic hydroxyl groups excluding tert-OH is 1. The average molecular weight is 312 g/mol. The van der Waals surface area contributed by atoms with Gasteiger partial charge in [0.15, 0.2) is 0 Å². The number of hydrogen-bond donors (Lipinski definition) is 2. The lowest BCUT2D eigenvalue weighted by molar-refractivity contribution is -0.0980. The van der Waals surface area contributed by atoms with E-state index in [0.717, 1.165) is 25.0 Å². The molecule has 0 amide bonds. The fourth-order valence-electron chi connectivity index (χ4n) is 5.59.